The van der Waals surface area contributed by atoms with Gasteiger partial charge in [0.1, 0.15) is 0 Å². The van der Waals surface area contributed by atoms with E-state index in [1.807, 2.05) is 11.3 Å². The molecule has 0 saturated carbocycles. The predicted molar refractivity (Wildman–Crippen MR) is 238 cm³/mol. The van der Waals surface area contributed by atoms with Crippen LogP contribution in [0.4, 0.5) is 34.1 Å². The molecule has 2 aliphatic rings. The number of aryl methyl sites for hydroxylation is 2. The lowest BCUT2D eigenvalue weighted by molar-refractivity contribution is 0.507. The molecule has 0 bridgehead atoms. The topological polar surface area (TPSA) is 6.48 Å². The van der Waals surface area contributed by atoms with Gasteiger partial charge in [0.25, 0.3) is 0 Å². The van der Waals surface area contributed by atoms with Gasteiger partial charge in [-0.25, -0.2) is 0 Å². The third-order valence-electron chi connectivity index (χ3n) is 12.2. The molecule has 2 nitrogen and oxygen atoms in total. The number of para-hydroxylation sites is 3. The molecule has 3 heteroatoms. The van der Waals surface area contributed by atoms with Gasteiger partial charge in [0.05, 0.1) is 0 Å². The Morgan fingerprint density at radius 3 is 1.32 bits per heavy atom. The molecule has 0 saturated heterocycles. The fraction of sp³-hybridized carbons (Fsp3) is 0.0943. The number of rotatable bonds is 7. The summed E-state index contributed by atoms with van der Waals surface area (Å²) < 4.78 is 2.63. The third kappa shape index (κ3) is 5.45. The summed E-state index contributed by atoms with van der Waals surface area (Å²) >= 11 is 1.88. The fourth-order valence-electron chi connectivity index (χ4n) is 9.58. The Morgan fingerprint density at radius 2 is 0.786 bits per heavy atom. The van der Waals surface area contributed by atoms with Crippen LogP contribution in [0.25, 0.3) is 31.3 Å². The van der Waals surface area contributed by atoms with Crippen LogP contribution in [0.2, 0.25) is 0 Å². The maximum Gasteiger partial charge on any atom is 0.0468 e. The number of fused-ring (bicyclic) bond motifs is 7. The van der Waals surface area contributed by atoms with Gasteiger partial charge in [-0.05, 0) is 150 Å². The van der Waals surface area contributed by atoms with Crippen LogP contribution >= 0.6 is 11.3 Å². The smallest absolute Gasteiger partial charge is 0.0468 e. The second kappa shape index (κ2) is 13.4. The van der Waals surface area contributed by atoms with Gasteiger partial charge < -0.3 is 9.80 Å². The van der Waals surface area contributed by atoms with E-state index in [1.54, 1.807) is 0 Å². The summed E-state index contributed by atoms with van der Waals surface area (Å²) in [5.41, 5.74) is 15.5. The van der Waals surface area contributed by atoms with Crippen molar-refractivity contribution in [3.63, 3.8) is 0 Å². The third-order valence-corrected chi connectivity index (χ3v) is 13.4. The summed E-state index contributed by atoms with van der Waals surface area (Å²) in [6, 6.07) is 71.7. The number of hydrogen-bond donors (Lipinski definition) is 0. The first-order valence-electron chi connectivity index (χ1n) is 19.8. The Kier molecular flexibility index (Phi) is 7.89. The van der Waals surface area contributed by atoms with Crippen molar-refractivity contribution in [1.29, 1.82) is 0 Å². The van der Waals surface area contributed by atoms with Gasteiger partial charge in [0, 0.05) is 59.7 Å². The molecule has 8 aromatic carbocycles. The van der Waals surface area contributed by atoms with Crippen molar-refractivity contribution in [2.24, 2.45) is 0 Å². The Bertz CT molecular complexity index is 2820. The Hall–Kier alpha value is -6.42. The van der Waals surface area contributed by atoms with E-state index < -0.39 is 0 Å². The molecule has 0 unspecified atom stereocenters. The van der Waals surface area contributed by atoms with E-state index in [9.17, 15) is 0 Å². The van der Waals surface area contributed by atoms with Gasteiger partial charge in [-0.15, -0.1) is 11.3 Å². The largest absolute Gasteiger partial charge is 0.310 e. The minimum atomic E-state index is -0.0144. The summed E-state index contributed by atoms with van der Waals surface area (Å²) in [4.78, 5) is 4.87. The van der Waals surface area contributed by atoms with Crippen LogP contribution in [-0.2, 0) is 18.3 Å². The zero-order valence-corrected chi connectivity index (χ0v) is 31.9. The zero-order chi connectivity index (χ0) is 37.1. The molecule has 0 aliphatic heterocycles. The molecular weight excluding hydrogens is 697 g/mol. The van der Waals surface area contributed by atoms with Gasteiger partial charge in [0.2, 0.25) is 0 Å². The molecule has 0 N–H and O–H groups in total. The molecule has 1 heterocycles. The fourth-order valence-corrected chi connectivity index (χ4v) is 10.6. The number of hydrogen-bond acceptors (Lipinski definition) is 3. The molecule has 0 radical (unpaired) electrons. The zero-order valence-electron chi connectivity index (χ0n) is 31.1. The highest BCUT2D eigenvalue weighted by molar-refractivity contribution is 7.25. The minimum absolute atomic E-state index is 0.0144. The second-order valence-electron chi connectivity index (χ2n) is 15.3. The van der Waals surface area contributed by atoms with E-state index in [2.05, 4.69) is 204 Å². The van der Waals surface area contributed by atoms with Crippen LogP contribution in [0, 0.1) is 0 Å². The lowest BCUT2D eigenvalue weighted by Crippen LogP contribution is -2.22. The molecule has 1 atom stereocenters. The van der Waals surface area contributed by atoms with Crippen LogP contribution in [0.3, 0.4) is 0 Å². The molecule has 56 heavy (non-hydrogen) atoms. The maximum atomic E-state index is 2.53. The summed E-state index contributed by atoms with van der Waals surface area (Å²) in [5.74, 6) is 0. The van der Waals surface area contributed by atoms with Crippen molar-refractivity contribution < 1.29 is 0 Å². The lowest BCUT2D eigenvalue weighted by atomic mass is 9.76. The van der Waals surface area contributed by atoms with Crippen molar-refractivity contribution in [3.8, 4) is 11.1 Å². The normalized spacial score (nSPS) is 15.6. The Balaban J connectivity index is 1.03. The van der Waals surface area contributed by atoms with Crippen molar-refractivity contribution in [2.45, 2.75) is 31.1 Å². The van der Waals surface area contributed by atoms with Crippen LogP contribution < -0.4 is 9.80 Å². The van der Waals surface area contributed by atoms with E-state index in [-0.39, 0.29) is 5.41 Å². The first kappa shape index (κ1) is 33.0. The van der Waals surface area contributed by atoms with E-state index in [1.165, 1.54) is 87.7 Å². The summed E-state index contributed by atoms with van der Waals surface area (Å²) in [7, 11) is 0. The predicted octanol–water partition coefficient (Wildman–Crippen LogP) is 14.8. The molecule has 0 fully saturated rings. The monoisotopic (exact) mass is 736 g/mol. The van der Waals surface area contributed by atoms with Gasteiger partial charge >= 0.3 is 0 Å². The van der Waals surface area contributed by atoms with Crippen molar-refractivity contribution >= 4 is 65.6 Å². The lowest BCUT2D eigenvalue weighted by Gasteiger charge is -2.31. The molecule has 1 aromatic heterocycles. The van der Waals surface area contributed by atoms with Gasteiger partial charge in [-0.2, -0.15) is 0 Å². The highest BCUT2D eigenvalue weighted by Crippen LogP contribution is 2.55. The summed E-state index contributed by atoms with van der Waals surface area (Å²) in [5, 5.41) is 2.62. The van der Waals surface area contributed by atoms with Crippen LogP contribution in [-0.4, -0.2) is 0 Å². The second-order valence-corrected chi connectivity index (χ2v) is 16.4. The van der Waals surface area contributed by atoms with Crippen molar-refractivity contribution in [3.05, 3.63) is 216 Å². The molecule has 268 valence electrons. The first-order chi connectivity index (χ1) is 27.7. The van der Waals surface area contributed by atoms with Gasteiger partial charge in [-0.1, -0.05) is 103 Å². The van der Waals surface area contributed by atoms with Crippen molar-refractivity contribution in [1.82, 2.24) is 0 Å². The van der Waals surface area contributed by atoms with Crippen LogP contribution in [0.5, 0.6) is 0 Å². The number of nitrogens with zero attached hydrogens (tertiary/aromatic N) is 2. The first-order valence-corrected chi connectivity index (χ1v) is 20.6. The SMILES string of the molecule is c1ccc(-c2ccc3sc4ccc(N(c5ccccc5)c5ccc6c(c5)[C@]5(CCc7ccc(N(c8ccccc8)c8ccccc8)cc75)CC6)cc4c3c2)cc1. The number of benzene rings is 8. The van der Waals surface area contributed by atoms with E-state index in [0.29, 0.717) is 0 Å². The van der Waals surface area contributed by atoms with Crippen LogP contribution in [0.15, 0.2) is 194 Å². The molecule has 11 rings (SSSR count). The van der Waals surface area contributed by atoms with Gasteiger partial charge in [0.15, 0.2) is 0 Å². The molecule has 0 amide bonds. The van der Waals surface area contributed by atoms with Gasteiger partial charge in [-0.3, -0.25) is 0 Å². The Morgan fingerprint density at radius 1 is 0.357 bits per heavy atom. The summed E-state index contributed by atoms with van der Waals surface area (Å²) in [6.07, 6.45) is 4.48. The molecule has 9 aromatic rings. The van der Waals surface area contributed by atoms with Crippen molar-refractivity contribution in [2.75, 3.05) is 9.80 Å². The number of anilines is 6. The average molecular weight is 737 g/mol. The minimum Gasteiger partial charge on any atom is -0.310 e. The highest BCUT2D eigenvalue weighted by Gasteiger charge is 2.45. The maximum absolute atomic E-state index is 2.53. The average Bonchev–Trinajstić information content (AvgIpc) is 3.95. The number of thiophene rings is 1. The molecular formula is C53H40N2S. The van der Waals surface area contributed by atoms with E-state index in [0.717, 1.165) is 25.7 Å². The molecule has 2 aliphatic carbocycles. The molecule has 1 spiro atoms. The summed E-state index contributed by atoms with van der Waals surface area (Å²) in [6.45, 7) is 0. The van der Waals surface area contributed by atoms with E-state index in [4.69, 9.17) is 0 Å². The van der Waals surface area contributed by atoms with Crippen LogP contribution in [0.1, 0.15) is 35.1 Å². The Labute approximate surface area is 332 Å². The highest BCUT2D eigenvalue weighted by atomic mass is 32.1. The quantitative estimate of drug-likeness (QED) is 0.161. The van der Waals surface area contributed by atoms with E-state index >= 15 is 0 Å². The standard InChI is InChI=1S/C53H40N2S/c1-5-13-37(14-6-1)40-23-27-51-47(33-40)48-34-44(26-28-52(48)56-51)55(43-19-11-4-12-20-43)46-25-22-39-30-32-53(50(39)36-46)31-29-38-21-24-45(35-49(38)53)54(41-15-7-2-8-16-41)42-17-9-3-10-18-42/h1-28,33-36H,29-32H2/t53-/m1/s1.